The lowest BCUT2D eigenvalue weighted by Gasteiger charge is -2.11. The minimum absolute atomic E-state index is 0.00592. The van der Waals surface area contributed by atoms with Gasteiger partial charge in [-0.15, -0.1) is 0 Å². The maximum absolute atomic E-state index is 11.5. The van der Waals surface area contributed by atoms with Gasteiger partial charge in [0.05, 0.1) is 13.0 Å². The minimum Gasteiger partial charge on any atom is -0.481 e. The fourth-order valence-corrected chi connectivity index (χ4v) is 1.46. The van der Waals surface area contributed by atoms with Crippen molar-refractivity contribution in [2.45, 2.75) is 25.9 Å². The van der Waals surface area contributed by atoms with E-state index in [1.165, 1.54) is 0 Å². The fourth-order valence-electron chi connectivity index (χ4n) is 1.46. The van der Waals surface area contributed by atoms with Crippen LogP contribution in [-0.4, -0.2) is 29.6 Å². The van der Waals surface area contributed by atoms with E-state index in [1.807, 2.05) is 30.3 Å². The Labute approximate surface area is 106 Å². The zero-order chi connectivity index (χ0) is 13.4. The maximum Gasteiger partial charge on any atom is 0.304 e. The van der Waals surface area contributed by atoms with Crippen LogP contribution in [0.4, 0.5) is 0 Å². The van der Waals surface area contributed by atoms with Crippen LogP contribution in [0.1, 0.15) is 18.9 Å². The van der Waals surface area contributed by atoms with Gasteiger partial charge in [-0.2, -0.15) is 0 Å². The molecule has 5 heteroatoms. The molecule has 0 radical (unpaired) electrons. The second-order valence-corrected chi connectivity index (χ2v) is 4.14. The van der Waals surface area contributed by atoms with Crippen molar-refractivity contribution in [2.24, 2.45) is 0 Å². The number of carbonyl (C=O) groups is 2. The number of hydrogen-bond acceptors (Lipinski definition) is 3. The monoisotopic (exact) mass is 250 g/mol. The van der Waals surface area contributed by atoms with Gasteiger partial charge in [-0.3, -0.25) is 9.59 Å². The zero-order valence-electron chi connectivity index (χ0n) is 10.3. The molecule has 1 amide bonds. The lowest BCUT2D eigenvalue weighted by atomic mass is 10.2. The van der Waals surface area contributed by atoms with Crippen molar-refractivity contribution in [3.8, 4) is 0 Å². The first-order valence-electron chi connectivity index (χ1n) is 5.83. The van der Waals surface area contributed by atoms with Gasteiger partial charge in [-0.1, -0.05) is 30.3 Å². The van der Waals surface area contributed by atoms with E-state index in [2.05, 4.69) is 10.6 Å². The van der Waals surface area contributed by atoms with Crippen LogP contribution in [0.5, 0.6) is 0 Å². The molecule has 0 aliphatic heterocycles. The van der Waals surface area contributed by atoms with E-state index in [0.717, 1.165) is 5.56 Å². The van der Waals surface area contributed by atoms with Crippen molar-refractivity contribution < 1.29 is 14.7 Å². The van der Waals surface area contributed by atoms with Crippen LogP contribution in [0.25, 0.3) is 0 Å². The quantitative estimate of drug-likeness (QED) is 0.667. The van der Waals surface area contributed by atoms with Gasteiger partial charge >= 0.3 is 5.97 Å². The molecule has 0 saturated heterocycles. The number of hydrogen-bond donors (Lipinski definition) is 3. The summed E-state index contributed by atoms with van der Waals surface area (Å²) < 4.78 is 0. The molecule has 1 aromatic carbocycles. The molecule has 0 bridgehead atoms. The van der Waals surface area contributed by atoms with E-state index in [1.54, 1.807) is 6.92 Å². The number of carboxylic acids is 1. The summed E-state index contributed by atoms with van der Waals surface area (Å²) in [5.74, 6) is -1.02. The Hall–Kier alpha value is -1.88. The molecule has 0 aliphatic carbocycles. The van der Waals surface area contributed by atoms with Crippen molar-refractivity contribution >= 4 is 11.9 Å². The molecule has 1 atom stereocenters. The third kappa shape index (κ3) is 6.00. The van der Waals surface area contributed by atoms with E-state index in [4.69, 9.17) is 5.11 Å². The van der Waals surface area contributed by atoms with Crippen LogP contribution in [-0.2, 0) is 16.1 Å². The van der Waals surface area contributed by atoms with Crippen molar-refractivity contribution in [2.75, 3.05) is 6.54 Å². The minimum atomic E-state index is -0.875. The average molecular weight is 250 g/mol. The largest absolute Gasteiger partial charge is 0.481 e. The molecular formula is C13H18N2O3. The van der Waals surface area contributed by atoms with Gasteiger partial charge in [0.15, 0.2) is 0 Å². The number of carboxylic acid groups (broad SMARTS) is 1. The van der Waals surface area contributed by atoms with Crippen LogP contribution in [0, 0.1) is 0 Å². The molecule has 1 aromatic rings. The topological polar surface area (TPSA) is 78.4 Å². The van der Waals surface area contributed by atoms with Gasteiger partial charge in [-0.25, -0.2) is 0 Å². The van der Waals surface area contributed by atoms with Crippen LogP contribution >= 0.6 is 0 Å². The Morgan fingerprint density at radius 3 is 2.56 bits per heavy atom. The summed E-state index contributed by atoms with van der Waals surface area (Å²) >= 11 is 0. The summed E-state index contributed by atoms with van der Waals surface area (Å²) in [6, 6.07) is 9.38. The molecule has 5 nitrogen and oxygen atoms in total. The predicted octanol–water partition coefficient (Wildman–Crippen LogP) is 0.756. The average Bonchev–Trinajstić information content (AvgIpc) is 2.34. The molecular weight excluding hydrogens is 232 g/mol. The summed E-state index contributed by atoms with van der Waals surface area (Å²) in [6.07, 6.45) is 0.00592. The SMILES string of the molecule is CC(CC(=O)O)NCC(=O)NCc1ccccc1. The molecule has 1 unspecified atom stereocenters. The van der Waals surface area contributed by atoms with Crippen LogP contribution in [0.2, 0.25) is 0 Å². The van der Waals surface area contributed by atoms with Crippen LogP contribution in [0.15, 0.2) is 30.3 Å². The van der Waals surface area contributed by atoms with E-state index in [-0.39, 0.29) is 24.9 Å². The molecule has 0 aromatic heterocycles. The number of amides is 1. The van der Waals surface area contributed by atoms with Gasteiger partial charge in [-0.05, 0) is 12.5 Å². The highest BCUT2D eigenvalue weighted by Gasteiger charge is 2.08. The zero-order valence-corrected chi connectivity index (χ0v) is 10.3. The van der Waals surface area contributed by atoms with Crippen molar-refractivity contribution in [3.05, 3.63) is 35.9 Å². The Kier molecular flexibility index (Phi) is 5.87. The first-order chi connectivity index (χ1) is 8.58. The summed E-state index contributed by atoms with van der Waals surface area (Å²) in [4.78, 5) is 21.9. The van der Waals surface area contributed by atoms with Gasteiger partial charge < -0.3 is 15.7 Å². The molecule has 98 valence electrons. The maximum atomic E-state index is 11.5. The number of rotatable bonds is 7. The molecule has 3 N–H and O–H groups in total. The highest BCUT2D eigenvalue weighted by Crippen LogP contribution is 1.96. The summed E-state index contributed by atoms with van der Waals surface area (Å²) in [5, 5.41) is 14.2. The molecule has 0 aliphatic rings. The van der Waals surface area contributed by atoms with Gasteiger partial charge in [0.1, 0.15) is 0 Å². The normalized spacial score (nSPS) is 11.8. The second kappa shape index (κ2) is 7.45. The summed E-state index contributed by atoms with van der Waals surface area (Å²) in [7, 11) is 0. The van der Waals surface area contributed by atoms with E-state index in [9.17, 15) is 9.59 Å². The second-order valence-electron chi connectivity index (χ2n) is 4.14. The predicted molar refractivity (Wildman–Crippen MR) is 68.0 cm³/mol. The first-order valence-corrected chi connectivity index (χ1v) is 5.83. The number of carbonyl (C=O) groups excluding carboxylic acids is 1. The number of aliphatic carboxylic acids is 1. The van der Waals surface area contributed by atoms with Crippen LogP contribution < -0.4 is 10.6 Å². The summed E-state index contributed by atoms with van der Waals surface area (Å²) in [5.41, 5.74) is 1.03. The third-order valence-corrected chi connectivity index (χ3v) is 2.42. The smallest absolute Gasteiger partial charge is 0.304 e. The lowest BCUT2D eigenvalue weighted by Crippen LogP contribution is -2.38. The van der Waals surface area contributed by atoms with E-state index in [0.29, 0.717) is 6.54 Å². The third-order valence-electron chi connectivity index (χ3n) is 2.42. The molecule has 0 fully saturated rings. The van der Waals surface area contributed by atoms with Crippen molar-refractivity contribution in [1.29, 1.82) is 0 Å². The standard InChI is InChI=1S/C13H18N2O3/c1-10(7-13(17)18)14-9-12(16)15-8-11-5-3-2-4-6-11/h2-6,10,14H,7-9H2,1H3,(H,15,16)(H,17,18). The molecule has 0 saturated carbocycles. The Bertz CT molecular complexity index is 392. The Balaban J connectivity index is 2.20. The fraction of sp³-hybridized carbons (Fsp3) is 0.385. The Morgan fingerprint density at radius 2 is 1.94 bits per heavy atom. The highest BCUT2D eigenvalue weighted by atomic mass is 16.4. The molecule has 0 heterocycles. The van der Waals surface area contributed by atoms with E-state index < -0.39 is 5.97 Å². The molecule has 1 rings (SSSR count). The summed E-state index contributed by atoms with van der Waals surface area (Å²) in [6.45, 7) is 2.34. The van der Waals surface area contributed by atoms with Crippen molar-refractivity contribution in [3.63, 3.8) is 0 Å². The first kappa shape index (κ1) is 14.2. The van der Waals surface area contributed by atoms with Gasteiger partial charge in [0.25, 0.3) is 0 Å². The molecule has 0 spiro atoms. The highest BCUT2D eigenvalue weighted by molar-refractivity contribution is 5.78. The van der Waals surface area contributed by atoms with Crippen LogP contribution in [0.3, 0.4) is 0 Å². The number of benzene rings is 1. The van der Waals surface area contributed by atoms with Gasteiger partial charge in [0, 0.05) is 12.6 Å². The molecule has 18 heavy (non-hydrogen) atoms. The van der Waals surface area contributed by atoms with Gasteiger partial charge in [0.2, 0.25) is 5.91 Å². The Morgan fingerprint density at radius 1 is 1.28 bits per heavy atom. The lowest BCUT2D eigenvalue weighted by molar-refractivity contribution is -0.137. The van der Waals surface area contributed by atoms with E-state index >= 15 is 0 Å². The number of nitrogens with one attached hydrogen (secondary N) is 2. The van der Waals surface area contributed by atoms with Crippen molar-refractivity contribution in [1.82, 2.24) is 10.6 Å².